The van der Waals surface area contributed by atoms with E-state index in [4.69, 9.17) is 4.42 Å². The van der Waals surface area contributed by atoms with Crippen LogP contribution in [0.1, 0.15) is 0 Å². The smallest absolute Gasteiger partial charge is 0.196 e. The quantitative estimate of drug-likeness (QED) is 0.796. The minimum Gasteiger partial charge on any atom is -0.440 e. The van der Waals surface area contributed by atoms with Crippen LogP contribution in [0.4, 0.5) is 10.3 Å². The topological polar surface area (TPSA) is 28.4 Å². The number of nitrogens with zero attached hydrogens (tertiary/aromatic N) is 1. The van der Waals surface area contributed by atoms with E-state index in [1.54, 1.807) is 18.2 Å². The van der Waals surface area contributed by atoms with E-state index >= 15 is 0 Å². The van der Waals surface area contributed by atoms with E-state index in [0.29, 0.717) is 11.0 Å². The van der Waals surface area contributed by atoms with E-state index in [2.05, 4.69) is 10.2 Å². The van der Waals surface area contributed by atoms with Gasteiger partial charge in [-0.15, -0.1) is 0 Å². The van der Waals surface area contributed by atoms with Gasteiger partial charge in [-0.1, -0.05) is 6.07 Å². The molecule has 1 aromatic carbocycles. The molecule has 0 spiro atoms. The summed E-state index contributed by atoms with van der Waals surface area (Å²) < 4.78 is 19.1. The molecular formula is C12H13FN2O. The van der Waals surface area contributed by atoms with Crippen molar-refractivity contribution >= 4 is 16.9 Å². The van der Waals surface area contributed by atoms with Gasteiger partial charge in [0.15, 0.2) is 5.88 Å². The lowest BCUT2D eigenvalue weighted by molar-refractivity contribution is 0.527. The summed E-state index contributed by atoms with van der Waals surface area (Å²) in [6.45, 7) is 3.70. The molecule has 0 atom stereocenters. The van der Waals surface area contributed by atoms with Crippen molar-refractivity contribution in [1.82, 2.24) is 5.32 Å². The molecule has 84 valence electrons. The Morgan fingerprint density at radius 1 is 1.25 bits per heavy atom. The Hall–Kier alpha value is -1.55. The molecule has 3 rings (SSSR count). The van der Waals surface area contributed by atoms with Crippen molar-refractivity contribution < 1.29 is 8.81 Å². The lowest BCUT2D eigenvalue weighted by Gasteiger charge is -2.26. The summed E-state index contributed by atoms with van der Waals surface area (Å²) in [4.78, 5) is 2.13. The molecule has 4 heteroatoms. The fourth-order valence-electron chi connectivity index (χ4n) is 2.05. The summed E-state index contributed by atoms with van der Waals surface area (Å²) in [6.07, 6.45) is 0. The molecule has 1 fully saturated rings. The molecule has 1 aromatic heterocycles. The van der Waals surface area contributed by atoms with Crippen LogP contribution >= 0.6 is 0 Å². The Morgan fingerprint density at radius 2 is 2.06 bits per heavy atom. The molecule has 1 N–H and O–H groups in total. The Bertz CT molecular complexity index is 503. The first-order valence-corrected chi connectivity index (χ1v) is 5.48. The monoisotopic (exact) mass is 220 g/mol. The van der Waals surface area contributed by atoms with Crippen LogP contribution in [-0.2, 0) is 0 Å². The van der Waals surface area contributed by atoms with E-state index in [0.717, 1.165) is 32.1 Å². The van der Waals surface area contributed by atoms with E-state index in [1.165, 1.54) is 6.07 Å². The van der Waals surface area contributed by atoms with Crippen LogP contribution < -0.4 is 10.2 Å². The van der Waals surface area contributed by atoms with Gasteiger partial charge in [0.25, 0.3) is 0 Å². The van der Waals surface area contributed by atoms with Gasteiger partial charge in [-0.05, 0) is 12.1 Å². The Kier molecular flexibility index (Phi) is 2.29. The Morgan fingerprint density at radius 3 is 2.81 bits per heavy atom. The predicted octanol–water partition coefficient (Wildman–Crippen LogP) is 1.98. The maximum atomic E-state index is 13.5. The molecule has 2 heterocycles. The maximum Gasteiger partial charge on any atom is 0.196 e. The molecule has 16 heavy (non-hydrogen) atoms. The summed E-state index contributed by atoms with van der Waals surface area (Å²) in [5.41, 5.74) is 0.619. The number of piperazine rings is 1. The van der Waals surface area contributed by atoms with Crippen molar-refractivity contribution in [1.29, 1.82) is 0 Å². The van der Waals surface area contributed by atoms with Crippen molar-refractivity contribution in [2.24, 2.45) is 0 Å². The minimum atomic E-state index is -0.220. The van der Waals surface area contributed by atoms with Crippen LogP contribution in [0.5, 0.6) is 0 Å². The summed E-state index contributed by atoms with van der Waals surface area (Å²) in [7, 11) is 0. The predicted molar refractivity (Wildman–Crippen MR) is 61.3 cm³/mol. The van der Waals surface area contributed by atoms with Crippen LogP contribution in [-0.4, -0.2) is 26.2 Å². The molecular weight excluding hydrogens is 207 g/mol. The number of hydrogen-bond acceptors (Lipinski definition) is 3. The number of furan rings is 1. The Balaban J connectivity index is 2.01. The highest BCUT2D eigenvalue weighted by atomic mass is 19.1. The van der Waals surface area contributed by atoms with Crippen molar-refractivity contribution in [3.8, 4) is 0 Å². The third kappa shape index (κ3) is 1.55. The molecule has 3 nitrogen and oxygen atoms in total. The minimum absolute atomic E-state index is 0.220. The number of nitrogens with one attached hydrogen (secondary N) is 1. The number of fused-ring (bicyclic) bond motifs is 1. The first kappa shape index (κ1) is 9.66. The molecule has 1 saturated heterocycles. The van der Waals surface area contributed by atoms with Crippen molar-refractivity contribution in [2.75, 3.05) is 31.1 Å². The van der Waals surface area contributed by atoms with Gasteiger partial charge in [0.1, 0.15) is 11.4 Å². The van der Waals surface area contributed by atoms with Gasteiger partial charge in [0.05, 0.1) is 5.39 Å². The van der Waals surface area contributed by atoms with Crippen LogP contribution in [0, 0.1) is 5.82 Å². The fourth-order valence-corrected chi connectivity index (χ4v) is 2.05. The van der Waals surface area contributed by atoms with Crippen LogP contribution in [0.3, 0.4) is 0 Å². The third-order valence-corrected chi connectivity index (χ3v) is 2.92. The average molecular weight is 220 g/mol. The SMILES string of the molecule is Fc1cccc2oc(N3CCNCC3)cc12. The highest BCUT2D eigenvalue weighted by Crippen LogP contribution is 2.27. The molecule has 0 radical (unpaired) electrons. The van der Waals surface area contributed by atoms with E-state index in [9.17, 15) is 4.39 Å². The molecule has 1 aliphatic rings. The maximum absolute atomic E-state index is 13.5. The van der Waals surface area contributed by atoms with Crippen molar-refractivity contribution in [2.45, 2.75) is 0 Å². The number of rotatable bonds is 1. The second-order valence-electron chi connectivity index (χ2n) is 3.97. The molecule has 0 unspecified atom stereocenters. The van der Waals surface area contributed by atoms with Gasteiger partial charge >= 0.3 is 0 Å². The van der Waals surface area contributed by atoms with Gasteiger partial charge in [-0.25, -0.2) is 4.39 Å². The zero-order chi connectivity index (χ0) is 11.0. The molecule has 0 bridgehead atoms. The van der Waals surface area contributed by atoms with Gasteiger partial charge in [0.2, 0.25) is 0 Å². The van der Waals surface area contributed by atoms with Crippen molar-refractivity contribution in [3.63, 3.8) is 0 Å². The van der Waals surface area contributed by atoms with Crippen LogP contribution in [0.25, 0.3) is 11.0 Å². The fraction of sp³-hybridized carbons (Fsp3) is 0.333. The standard InChI is InChI=1S/C12H13FN2O/c13-10-2-1-3-11-9(10)8-12(16-11)15-6-4-14-5-7-15/h1-3,8,14H,4-7H2. The van der Waals surface area contributed by atoms with Gasteiger partial charge in [0, 0.05) is 32.2 Å². The molecule has 0 amide bonds. The normalized spacial score (nSPS) is 16.9. The zero-order valence-corrected chi connectivity index (χ0v) is 8.87. The first-order chi connectivity index (χ1) is 7.84. The number of hydrogen-bond donors (Lipinski definition) is 1. The van der Waals surface area contributed by atoms with Gasteiger partial charge in [-0.2, -0.15) is 0 Å². The molecule has 1 aliphatic heterocycles. The molecule has 0 aliphatic carbocycles. The van der Waals surface area contributed by atoms with Gasteiger partial charge in [-0.3, -0.25) is 0 Å². The number of halogens is 1. The summed E-state index contributed by atoms with van der Waals surface area (Å²) >= 11 is 0. The van der Waals surface area contributed by atoms with E-state index in [1.807, 2.05) is 0 Å². The van der Waals surface area contributed by atoms with Crippen molar-refractivity contribution in [3.05, 3.63) is 30.1 Å². The number of benzene rings is 1. The zero-order valence-electron chi connectivity index (χ0n) is 8.87. The van der Waals surface area contributed by atoms with Crippen LogP contribution in [0.2, 0.25) is 0 Å². The summed E-state index contributed by atoms with van der Waals surface area (Å²) in [5.74, 6) is 0.546. The lowest BCUT2D eigenvalue weighted by Crippen LogP contribution is -2.43. The largest absolute Gasteiger partial charge is 0.440 e. The molecule has 0 saturated carbocycles. The summed E-state index contributed by atoms with van der Waals surface area (Å²) in [6, 6.07) is 6.71. The Labute approximate surface area is 92.8 Å². The summed E-state index contributed by atoms with van der Waals surface area (Å²) in [5, 5.41) is 3.84. The first-order valence-electron chi connectivity index (χ1n) is 5.48. The highest BCUT2D eigenvalue weighted by molar-refractivity contribution is 5.81. The highest BCUT2D eigenvalue weighted by Gasteiger charge is 2.15. The number of anilines is 1. The second-order valence-corrected chi connectivity index (χ2v) is 3.97. The lowest BCUT2D eigenvalue weighted by atomic mass is 10.2. The van der Waals surface area contributed by atoms with Crippen LogP contribution in [0.15, 0.2) is 28.7 Å². The van der Waals surface area contributed by atoms with E-state index < -0.39 is 0 Å². The molecule has 2 aromatic rings. The second kappa shape index (κ2) is 3.79. The third-order valence-electron chi connectivity index (χ3n) is 2.92. The van der Waals surface area contributed by atoms with E-state index in [-0.39, 0.29) is 5.82 Å². The average Bonchev–Trinajstić information content (AvgIpc) is 2.76. The van der Waals surface area contributed by atoms with Gasteiger partial charge < -0.3 is 14.6 Å².